The Labute approximate surface area is 215 Å². The first-order chi connectivity index (χ1) is 17.4. The number of benzene rings is 3. The fraction of sp³-hybridized carbons (Fsp3) is 0.214. The molecule has 1 N–H and O–H groups in total. The number of nitrogens with one attached hydrogen (secondary N) is 1. The van der Waals surface area contributed by atoms with Crippen LogP contribution in [0, 0.1) is 18.3 Å². The van der Waals surface area contributed by atoms with E-state index in [1.54, 1.807) is 37.4 Å². The standard InChI is InChI=1S/C28H27ClN2O5/c1-18-5-7-19(8-6-18)17-36-27-24(29)12-20(13-26(27)35-4)11-22(15-30)28(32)31-16-21-9-10-23(33-2)14-25(21)34-3/h5-14H,16-17H2,1-4H3,(H,31,32)/b22-11+. The molecule has 0 saturated heterocycles. The summed E-state index contributed by atoms with van der Waals surface area (Å²) in [6.07, 6.45) is 1.44. The number of nitriles is 1. The third-order valence-corrected chi connectivity index (χ3v) is 5.65. The van der Waals surface area contributed by atoms with Crippen LogP contribution in [-0.2, 0) is 17.9 Å². The van der Waals surface area contributed by atoms with Crippen molar-refractivity contribution in [3.63, 3.8) is 0 Å². The number of hydrogen-bond acceptors (Lipinski definition) is 6. The van der Waals surface area contributed by atoms with E-state index in [1.807, 2.05) is 37.3 Å². The maximum absolute atomic E-state index is 12.7. The van der Waals surface area contributed by atoms with E-state index < -0.39 is 5.91 Å². The van der Waals surface area contributed by atoms with Gasteiger partial charge in [-0.1, -0.05) is 41.4 Å². The predicted molar refractivity (Wildman–Crippen MR) is 138 cm³/mol. The monoisotopic (exact) mass is 506 g/mol. The number of nitrogens with zero attached hydrogens (tertiary/aromatic N) is 1. The van der Waals surface area contributed by atoms with E-state index in [1.165, 1.54) is 20.3 Å². The first-order valence-corrected chi connectivity index (χ1v) is 11.4. The zero-order valence-corrected chi connectivity index (χ0v) is 21.3. The smallest absolute Gasteiger partial charge is 0.262 e. The third kappa shape index (κ3) is 6.71. The molecule has 0 aliphatic rings. The van der Waals surface area contributed by atoms with E-state index >= 15 is 0 Å². The van der Waals surface area contributed by atoms with Crippen LogP contribution in [0.3, 0.4) is 0 Å². The molecule has 0 spiro atoms. The summed E-state index contributed by atoms with van der Waals surface area (Å²) in [6.45, 7) is 2.50. The van der Waals surface area contributed by atoms with Crippen molar-refractivity contribution in [2.24, 2.45) is 0 Å². The quantitative estimate of drug-likeness (QED) is 0.289. The molecule has 0 heterocycles. The van der Waals surface area contributed by atoms with Crippen molar-refractivity contribution < 1.29 is 23.7 Å². The molecule has 0 fully saturated rings. The largest absolute Gasteiger partial charge is 0.497 e. The van der Waals surface area contributed by atoms with Crippen LogP contribution < -0.4 is 24.3 Å². The van der Waals surface area contributed by atoms with Crippen LogP contribution in [0.1, 0.15) is 22.3 Å². The molecule has 0 radical (unpaired) electrons. The second-order valence-corrected chi connectivity index (χ2v) is 8.25. The molecular formula is C28H27ClN2O5. The normalized spacial score (nSPS) is 10.8. The molecule has 8 heteroatoms. The molecule has 36 heavy (non-hydrogen) atoms. The second kappa shape index (κ2) is 12.5. The van der Waals surface area contributed by atoms with Crippen LogP contribution in [0.4, 0.5) is 0 Å². The number of ether oxygens (including phenoxy) is 4. The van der Waals surface area contributed by atoms with Gasteiger partial charge in [-0.3, -0.25) is 4.79 Å². The van der Waals surface area contributed by atoms with Gasteiger partial charge in [-0.25, -0.2) is 0 Å². The number of amides is 1. The fourth-order valence-corrected chi connectivity index (χ4v) is 3.66. The van der Waals surface area contributed by atoms with Crippen LogP contribution in [0.15, 0.2) is 60.2 Å². The number of halogens is 1. The molecule has 0 unspecified atom stereocenters. The lowest BCUT2D eigenvalue weighted by molar-refractivity contribution is -0.117. The van der Waals surface area contributed by atoms with Crippen LogP contribution in [0.2, 0.25) is 5.02 Å². The van der Waals surface area contributed by atoms with Crippen molar-refractivity contribution in [3.05, 3.63) is 87.4 Å². The van der Waals surface area contributed by atoms with E-state index in [2.05, 4.69) is 5.32 Å². The van der Waals surface area contributed by atoms with Gasteiger partial charge in [0.2, 0.25) is 0 Å². The summed E-state index contributed by atoms with van der Waals surface area (Å²) >= 11 is 6.47. The van der Waals surface area contributed by atoms with E-state index in [4.69, 9.17) is 30.5 Å². The van der Waals surface area contributed by atoms with Gasteiger partial charge in [0, 0.05) is 18.2 Å². The highest BCUT2D eigenvalue weighted by Crippen LogP contribution is 2.37. The van der Waals surface area contributed by atoms with Crippen LogP contribution >= 0.6 is 11.6 Å². The van der Waals surface area contributed by atoms with E-state index in [-0.39, 0.29) is 12.1 Å². The summed E-state index contributed by atoms with van der Waals surface area (Å²) in [5.41, 5.74) is 3.32. The average Bonchev–Trinajstić information content (AvgIpc) is 2.90. The molecule has 3 aromatic rings. The summed E-state index contributed by atoms with van der Waals surface area (Å²) < 4.78 is 21.9. The van der Waals surface area contributed by atoms with Crippen molar-refractivity contribution in [3.8, 4) is 29.1 Å². The number of carbonyl (C=O) groups is 1. The third-order valence-electron chi connectivity index (χ3n) is 5.37. The SMILES string of the molecule is COc1ccc(CNC(=O)/C(C#N)=C/c2cc(Cl)c(OCc3ccc(C)cc3)c(OC)c2)c(OC)c1. The number of carbonyl (C=O) groups excluding carboxylic acids is 1. The second-order valence-electron chi connectivity index (χ2n) is 7.84. The van der Waals surface area contributed by atoms with Crippen LogP contribution in [0.5, 0.6) is 23.0 Å². The van der Waals surface area contributed by atoms with Crippen LogP contribution in [0.25, 0.3) is 6.08 Å². The zero-order chi connectivity index (χ0) is 26.1. The van der Waals surface area contributed by atoms with E-state index in [9.17, 15) is 10.1 Å². The molecular weight excluding hydrogens is 480 g/mol. The lowest BCUT2D eigenvalue weighted by Gasteiger charge is -2.14. The summed E-state index contributed by atoms with van der Waals surface area (Å²) in [5.74, 6) is 1.43. The van der Waals surface area contributed by atoms with Crippen molar-refractivity contribution in [2.75, 3.05) is 21.3 Å². The number of aryl methyl sites for hydroxylation is 1. The number of hydrogen-bond donors (Lipinski definition) is 1. The summed E-state index contributed by atoms with van der Waals surface area (Å²) in [5, 5.41) is 12.6. The maximum atomic E-state index is 12.7. The Kier molecular flexibility index (Phi) is 9.20. The van der Waals surface area contributed by atoms with Gasteiger partial charge in [0.1, 0.15) is 29.7 Å². The molecule has 0 aliphatic heterocycles. The van der Waals surface area contributed by atoms with Gasteiger partial charge in [0.25, 0.3) is 5.91 Å². The lowest BCUT2D eigenvalue weighted by Crippen LogP contribution is -2.24. The zero-order valence-electron chi connectivity index (χ0n) is 20.6. The molecule has 0 aromatic heterocycles. The Morgan fingerprint density at radius 3 is 2.36 bits per heavy atom. The van der Waals surface area contributed by atoms with Gasteiger partial charge in [0.15, 0.2) is 11.5 Å². The summed E-state index contributed by atoms with van der Waals surface area (Å²) in [7, 11) is 4.59. The fourth-order valence-electron chi connectivity index (χ4n) is 3.39. The highest BCUT2D eigenvalue weighted by Gasteiger charge is 2.15. The van der Waals surface area contributed by atoms with Gasteiger partial charge in [0.05, 0.1) is 26.4 Å². The van der Waals surface area contributed by atoms with Crippen molar-refractivity contribution in [1.29, 1.82) is 5.26 Å². The lowest BCUT2D eigenvalue weighted by atomic mass is 10.1. The van der Waals surface area contributed by atoms with Gasteiger partial charge in [-0.05, 0) is 48.4 Å². The first kappa shape index (κ1) is 26.5. The minimum atomic E-state index is -0.537. The van der Waals surface area contributed by atoms with Crippen molar-refractivity contribution in [1.82, 2.24) is 5.32 Å². The highest BCUT2D eigenvalue weighted by atomic mass is 35.5. The topological polar surface area (TPSA) is 89.8 Å². The minimum Gasteiger partial charge on any atom is -0.497 e. The Morgan fingerprint density at radius 2 is 1.72 bits per heavy atom. The van der Waals surface area contributed by atoms with Gasteiger partial charge in [-0.15, -0.1) is 0 Å². The van der Waals surface area contributed by atoms with Crippen LogP contribution in [-0.4, -0.2) is 27.2 Å². The number of methoxy groups -OCH3 is 3. The predicted octanol–water partition coefficient (Wildman–Crippen LogP) is 5.48. The summed E-state index contributed by atoms with van der Waals surface area (Å²) in [4.78, 5) is 12.7. The highest BCUT2D eigenvalue weighted by molar-refractivity contribution is 6.32. The Hall–Kier alpha value is -4.15. The Balaban J connectivity index is 1.75. The van der Waals surface area contributed by atoms with Gasteiger partial charge >= 0.3 is 0 Å². The molecule has 3 rings (SSSR count). The van der Waals surface area contributed by atoms with Gasteiger partial charge < -0.3 is 24.3 Å². The van der Waals surface area contributed by atoms with E-state index in [0.717, 1.165) is 16.7 Å². The van der Waals surface area contributed by atoms with E-state index in [0.29, 0.717) is 40.2 Å². The summed E-state index contributed by atoms with van der Waals surface area (Å²) in [6, 6.07) is 18.5. The van der Waals surface area contributed by atoms with Gasteiger partial charge in [-0.2, -0.15) is 5.26 Å². The molecule has 0 atom stereocenters. The van der Waals surface area contributed by atoms with Crippen molar-refractivity contribution in [2.45, 2.75) is 20.1 Å². The molecule has 0 aliphatic carbocycles. The average molecular weight is 507 g/mol. The molecule has 7 nitrogen and oxygen atoms in total. The van der Waals surface area contributed by atoms with Crippen molar-refractivity contribution >= 4 is 23.6 Å². The molecule has 3 aromatic carbocycles. The number of rotatable bonds is 10. The minimum absolute atomic E-state index is 0.0890. The Morgan fingerprint density at radius 1 is 1.00 bits per heavy atom. The molecule has 186 valence electrons. The first-order valence-electron chi connectivity index (χ1n) is 11.0. The molecule has 0 bridgehead atoms. The molecule has 1 amide bonds. The Bertz CT molecular complexity index is 1300. The maximum Gasteiger partial charge on any atom is 0.262 e. The molecule has 0 saturated carbocycles.